The van der Waals surface area contributed by atoms with Gasteiger partial charge in [0.1, 0.15) is 0 Å². The van der Waals surface area contributed by atoms with Crippen molar-refractivity contribution >= 4 is 22.3 Å². The highest BCUT2D eigenvalue weighted by Gasteiger charge is 2.15. The highest BCUT2D eigenvalue weighted by molar-refractivity contribution is 5.70. The fraction of sp³-hybridized carbons (Fsp3) is 0.630. The van der Waals surface area contributed by atoms with Gasteiger partial charge < -0.3 is 9.13 Å². The number of fused-ring (bicyclic) bond motifs is 2. The Morgan fingerprint density at radius 1 is 0.564 bits per heavy atom. The molecule has 4 rings (SSSR count). The van der Waals surface area contributed by atoms with E-state index in [-0.39, 0.29) is 11.1 Å². The van der Waals surface area contributed by atoms with Gasteiger partial charge in [-0.2, -0.15) is 0 Å². The maximum atomic E-state index is 12.5. The predicted octanol–water partition coefficient (Wildman–Crippen LogP) is 2.66. The van der Waals surface area contributed by atoms with Crippen LogP contribution >= 0.6 is 0 Å². The Labute approximate surface area is 228 Å². The molecule has 4 aromatic rings. The van der Waals surface area contributed by atoms with Crippen molar-refractivity contribution in [1.29, 1.82) is 0 Å². The van der Waals surface area contributed by atoms with Crippen LogP contribution in [0, 0.1) is 0 Å². The van der Waals surface area contributed by atoms with E-state index >= 15 is 0 Å². The number of hydrogen-bond acceptors (Lipinski definition) is 6. The number of aryl methyl sites for hydroxylation is 4. The third-order valence-corrected chi connectivity index (χ3v) is 6.69. The van der Waals surface area contributed by atoms with E-state index in [4.69, 9.17) is 0 Å². The average Bonchev–Trinajstić information content (AvgIpc) is 3.57. The molecule has 0 spiro atoms. The highest BCUT2D eigenvalue weighted by Crippen LogP contribution is 2.11. The van der Waals surface area contributed by atoms with Gasteiger partial charge >= 0.3 is 11.4 Å². The van der Waals surface area contributed by atoms with E-state index in [2.05, 4.69) is 23.8 Å². The first-order valence-corrected chi connectivity index (χ1v) is 13.9. The van der Waals surface area contributed by atoms with Crippen LogP contribution in [0.5, 0.6) is 0 Å². The van der Waals surface area contributed by atoms with Gasteiger partial charge in [-0.1, -0.05) is 59.8 Å². The monoisotopic (exact) mass is 544 g/mol. The van der Waals surface area contributed by atoms with Gasteiger partial charge in [0.2, 0.25) is 0 Å². The molecule has 0 aliphatic rings. The minimum absolute atomic E-state index is 0.344. The van der Waals surface area contributed by atoms with Gasteiger partial charge in [0.15, 0.2) is 22.3 Å². The summed E-state index contributed by atoms with van der Waals surface area (Å²) in [6.45, 7) is 9.67. The largest absolute Gasteiger partial charge is 0.332 e. The van der Waals surface area contributed by atoms with Crippen LogP contribution in [0.4, 0.5) is 0 Å². The van der Waals surface area contributed by atoms with Gasteiger partial charge in [-0.25, -0.2) is 19.6 Å². The summed E-state index contributed by atoms with van der Waals surface area (Å²) in [6.07, 6.45) is 10.8. The number of hydrogen-bond donors (Lipinski definition) is 0. The molecule has 4 aromatic heterocycles. The third kappa shape index (κ3) is 6.66. The lowest BCUT2D eigenvalue weighted by Gasteiger charge is -2.08. The van der Waals surface area contributed by atoms with Gasteiger partial charge in [-0.15, -0.1) is 0 Å². The molecule has 12 nitrogen and oxygen atoms in total. The molecule has 0 fully saturated rings. The maximum absolute atomic E-state index is 12.5. The lowest BCUT2D eigenvalue weighted by molar-refractivity contribution is 0.546. The summed E-state index contributed by atoms with van der Waals surface area (Å²) < 4.78 is 8.53. The van der Waals surface area contributed by atoms with Crippen LogP contribution in [0.2, 0.25) is 0 Å². The molecule has 12 heteroatoms. The molecule has 216 valence electrons. The van der Waals surface area contributed by atoms with Crippen LogP contribution in [-0.2, 0) is 41.3 Å². The van der Waals surface area contributed by atoms with E-state index in [0.29, 0.717) is 35.4 Å². The zero-order valence-corrected chi connectivity index (χ0v) is 24.7. The Kier molecular flexibility index (Phi) is 11.7. The highest BCUT2D eigenvalue weighted by atomic mass is 16.2. The quantitative estimate of drug-likeness (QED) is 0.299. The summed E-state index contributed by atoms with van der Waals surface area (Å²) >= 11 is 0. The van der Waals surface area contributed by atoms with Gasteiger partial charge in [0.25, 0.3) is 11.1 Å². The molecule has 0 aliphatic carbocycles. The normalized spacial score (nSPS) is 10.9. The molecule has 0 unspecified atom stereocenters. The van der Waals surface area contributed by atoms with Crippen LogP contribution in [0.1, 0.15) is 72.6 Å². The molecule has 0 saturated carbocycles. The fourth-order valence-electron chi connectivity index (χ4n) is 4.40. The maximum Gasteiger partial charge on any atom is 0.332 e. The Bertz CT molecular complexity index is 1490. The summed E-state index contributed by atoms with van der Waals surface area (Å²) in [7, 11) is 6.14. The van der Waals surface area contributed by atoms with Crippen molar-refractivity contribution in [2.24, 2.45) is 28.2 Å². The van der Waals surface area contributed by atoms with Crippen molar-refractivity contribution in [2.45, 2.75) is 85.7 Å². The number of unbranched alkanes of at least 4 members (excludes halogenated alkanes) is 5. The van der Waals surface area contributed by atoms with E-state index < -0.39 is 11.4 Å². The molecule has 0 N–H and O–H groups in total. The number of aromatic nitrogens is 8. The van der Waals surface area contributed by atoms with Gasteiger partial charge in [-0.3, -0.25) is 27.9 Å². The lowest BCUT2D eigenvalue weighted by Crippen LogP contribution is -2.37. The molecule has 4 heterocycles. The molecule has 0 aliphatic heterocycles. The minimum atomic E-state index is -0.394. The van der Waals surface area contributed by atoms with Crippen molar-refractivity contribution in [1.82, 2.24) is 37.4 Å². The van der Waals surface area contributed by atoms with E-state index in [0.717, 1.165) is 34.8 Å². The molecule has 0 amide bonds. The SMILES string of the molecule is CC.CCCCC.Cn1c(=O)c2c(ncn2CCCCCCn2cnc3c2c(=O)n(C)c(=O)n3C)n(C)c1=O. The van der Waals surface area contributed by atoms with Crippen molar-refractivity contribution in [3.8, 4) is 0 Å². The third-order valence-electron chi connectivity index (χ3n) is 6.69. The van der Waals surface area contributed by atoms with E-state index in [1.165, 1.54) is 42.5 Å². The van der Waals surface area contributed by atoms with Crippen LogP contribution in [0.25, 0.3) is 22.3 Å². The second-order valence-electron chi connectivity index (χ2n) is 9.40. The van der Waals surface area contributed by atoms with Gasteiger partial charge in [0.05, 0.1) is 12.7 Å². The number of nitrogens with zero attached hydrogens (tertiary/aromatic N) is 8. The summed E-state index contributed by atoms with van der Waals surface area (Å²) in [6, 6.07) is 0. The van der Waals surface area contributed by atoms with Crippen molar-refractivity contribution < 1.29 is 0 Å². The van der Waals surface area contributed by atoms with Gasteiger partial charge in [0, 0.05) is 41.3 Å². The molecule has 0 saturated heterocycles. The van der Waals surface area contributed by atoms with Gasteiger partial charge in [-0.05, 0) is 12.8 Å². The zero-order valence-electron chi connectivity index (χ0n) is 24.7. The molecular formula is C27H44N8O4. The molecule has 0 bridgehead atoms. The predicted molar refractivity (Wildman–Crippen MR) is 155 cm³/mol. The van der Waals surface area contributed by atoms with Crippen molar-refractivity contribution in [3.05, 3.63) is 54.3 Å². The Morgan fingerprint density at radius 2 is 0.923 bits per heavy atom. The lowest BCUT2D eigenvalue weighted by atomic mass is 10.2. The number of rotatable bonds is 9. The Morgan fingerprint density at radius 3 is 1.23 bits per heavy atom. The second kappa shape index (κ2) is 14.5. The zero-order chi connectivity index (χ0) is 29.3. The van der Waals surface area contributed by atoms with Crippen molar-refractivity contribution in [2.75, 3.05) is 0 Å². The topological polar surface area (TPSA) is 124 Å². The molecule has 0 atom stereocenters. The summed E-state index contributed by atoms with van der Waals surface area (Å²) in [5.74, 6) is 0. The molecule has 39 heavy (non-hydrogen) atoms. The van der Waals surface area contributed by atoms with Crippen LogP contribution in [-0.4, -0.2) is 37.4 Å². The standard InChI is InChI=1S/C20H26N8O4.C5H12.C2H6/c1-23-15-13(17(29)25(3)19(23)31)27(11-21-15)9-7-5-6-8-10-28-12-22-16-14(28)18(30)26(4)20(32)24(16)2;1-3-5-4-2;1-2/h11-12H,5-10H2,1-4H3;3-5H2,1-2H3;1-2H3. The summed E-state index contributed by atoms with van der Waals surface area (Å²) in [5.41, 5.74) is 0.167. The fourth-order valence-corrected chi connectivity index (χ4v) is 4.40. The van der Waals surface area contributed by atoms with E-state index in [1.54, 1.807) is 35.9 Å². The van der Waals surface area contributed by atoms with Crippen molar-refractivity contribution in [3.63, 3.8) is 0 Å². The van der Waals surface area contributed by atoms with Crippen LogP contribution in [0.15, 0.2) is 31.8 Å². The molecule has 0 radical (unpaired) electrons. The first-order chi connectivity index (χ1) is 18.6. The molecule has 0 aromatic carbocycles. The Balaban J connectivity index is 0.000000686. The Hall–Kier alpha value is -3.70. The number of imidazole rings is 2. The van der Waals surface area contributed by atoms with Crippen LogP contribution in [0.3, 0.4) is 0 Å². The second-order valence-corrected chi connectivity index (χ2v) is 9.40. The van der Waals surface area contributed by atoms with E-state index in [9.17, 15) is 19.2 Å². The minimum Gasteiger partial charge on any atom is -0.325 e. The van der Waals surface area contributed by atoms with Crippen LogP contribution < -0.4 is 22.5 Å². The van der Waals surface area contributed by atoms with E-state index in [1.807, 2.05) is 13.8 Å². The average molecular weight is 545 g/mol. The smallest absolute Gasteiger partial charge is 0.325 e. The molecular weight excluding hydrogens is 500 g/mol. The summed E-state index contributed by atoms with van der Waals surface area (Å²) in [4.78, 5) is 57.5. The first-order valence-electron chi connectivity index (χ1n) is 13.9. The summed E-state index contributed by atoms with van der Waals surface area (Å²) in [5, 5.41) is 0. The first kappa shape index (κ1) is 31.5.